The third-order valence-electron chi connectivity index (χ3n) is 3.16. The summed E-state index contributed by atoms with van der Waals surface area (Å²) in [6, 6.07) is 3.64. The van der Waals surface area contributed by atoms with Gasteiger partial charge in [-0.15, -0.1) is 11.3 Å². The van der Waals surface area contributed by atoms with Crippen molar-refractivity contribution in [3.63, 3.8) is 0 Å². The predicted molar refractivity (Wildman–Crippen MR) is 78.8 cm³/mol. The number of hydrogen-bond acceptors (Lipinski definition) is 4. The molecule has 2 N–H and O–H groups in total. The molecule has 0 radical (unpaired) electrons. The summed E-state index contributed by atoms with van der Waals surface area (Å²) < 4.78 is 5.56. The van der Waals surface area contributed by atoms with Gasteiger partial charge in [0.2, 0.25) is 0 Å². The van der Waals surface area contributed by atoms with Crippen molar-refractivity contribution in [1.29, 1.82) is 0 Å². The summed E-state index contributed by atoms with van der Waals surface area (Å²) in [7, 11) is 0. The SMILES string of the molecule is CC(NC(=O)c1ccc(C#CCCO)s1)C1CCCO1. The van der Waals surface area contributed by atoms with E-state index in [9.17, 15) is 4.79 Å². The maximum atomic E-state index is 12.1. The Morgan fingerprint density at radius 3 is 3.20 bits per heavy atom. The van der Waals surface area contributed by atoms with E-state index in [1.54, 1.807) is 6.07 Å². The van der Waals surface area contributed by atoms with E-state index in [4.69, 9.17) is 9.84 Å². The number of amides is 1. The predicted octanol–water partition coefficient (Wildman–Crippen LogP) is 1.78. The average molecular weight is 293 g/mol. The lowest BCUT2D eigenvalue weighted by atomic mass is 10.1. The van der Waals surface area contributed by atoms with Crippen LogP contribution in [0.3, 0.4) is 0 Å². The van der Waals surface area contributed by atoms with E-state index in [0.29, 0.717) is 11.3 Å². The first-order valence-corrected chi connectivity index (χ1v) is 7.64. The van der Waals surface area contributed by atoms with Crippen LogP contribution in [0.2, 0.25) is 0 Å². The molecular formula is C15H19NO3S. The largest absolute Gasteiger partial charge is 0.395 e. The van der Waals surface area contributed by atoms with Gasteiger partial charge in [0.15, 0.2) is 0 Å². The van der Waals surface area contributed by atoms with Gasteiger partial charge in [0, 0.05) is 13.0 Å². The maximum Gasteiger partial charge on any atom is 0.261 e. The highest BCUT2D eigenvalue weighted by atomic mass is 32.1. The van der Waals surface area contributed by atoms with E-state index in [1.807, 2.05) is 13.0 Å². The van der Waals surface area contributed by atoms with Crippen molar-refractivity contribution in [3.05, 3.63) is 21.9 Å². The standard InChI is InChI=1S/C15H19NO3S/c1-11(13-6-4-10-19-13)16-15(18)14-8-7-12(20-14)5-2-3-9-17/h7-8,11,13,17H,3-4,6,9-10H2,1H3,(H,16,18). The van der Waals surface area contributed by atoms with Gasteiger partial charge in [0.1, 0.15) is 0 Å². The molecule has 0 saturated carbocycles. The number of carbonyl (C=O) groups excluding carboxylic acids is 1. The topological polar surface area (TPSA) is 58.6 Å². The van der Waals surface area contributed by atoms with E-state index >= 15 is 0 Å². The second-order valence-corrected chi connectivity index (χ2v) is 5.84. The molecule has 20 heavy (non-hydrogen) atoms. The summed E-state index contributed by atoms with van der Waals surface area (Å²) in [5.41, 5.74) is 0. The Kier molecular flexibility index (Phi) is 5.60. The lowest BCUT2D eigenvalue weighted by Crippen LogP contribution is -2.40. The molecule has 1 aromatic rings. The molecule has 2 rings (SSSR count). The highest BCUT2D eigenvalue weighted by Gasteiger charge is 2.24. The Balaban J connectivity index is 1.90. The van der Waals surface area contributed by atoms with E-state index in [-0.39, 0.29) is 24.7 Å². The fourth-order valence-corrected chi connectivity index (χ4v) is 2.88. The van der Waals surface area contributed by atoms with Gasteiger partial charge in [-0.25, -0.2) is 0 Å². The van der Waals surface area contributed by atoms with E-state index < -0.39 is 0 Å². The molecule has 5 heteroatoms. The number of ether oxygens (including phenoxy) is 1. The average Bonchev–Trinajstić information content (AvgIpc) is 3.10. The number of carbonyl (C=O) groups is 1. The Bertz CT molecular complexity index is 509. The van der Waals surface area contributed by atoms with Crippen LogP contribution < -0.4 is 5.32 Å². The van der Waals surface area contributed by atoms with Crippen molar-refractivity contribution in [2.45, 2.75) is 38.3 Å². The summed E-state index contributed by atoms with van der Waals surface area (Å²) in [6.07, 6.45) is 2.65. The van der Waals surface area contributed by atoms with Crippen LogP contribution in [-0.2, 0) is 4.74 Å². The Hall–Kier alpha value is -1.35. The monoisotopic (exact) mass is 293 g/mol. The molecule has 0 spiro atoms. The van der Waals surface area contributed by atoms with Crippen molar-refractivity contribution in [2.24, 2.45) is 0 Å². The minimum atomic E-state index is -0.0757. The highest BCUT2D eigenvalue weighted by Crippen LogP contribution is 2.18. The molecule has 1 aliphatic rings. The van der Waals surface area contributed by atoms with Gasteiger partial charge in [0.25, 0.3) is 5.91 Å². The fourth-order valence-electron chi connectivity index (χ4n) is 2.10. The second kappa shape index (κ2) is 7.44. The third kappa shape index (κ3) is 4.07. The summed E-state index contributed by atoms with van der Waals surface area (Å²) in [4.78, 5) is 13.6. The number of thiophene rings is 1. The number of hydrogen-bond donors (Lipinski definition) is 2. The van der Waals surface area contributed by atoms with Crippen LogP contribution in [0.5, 0.6) is 0 Å². The normalized spacial score (nSPS) is 19.2. The molecule has 0 bridgehead atoms. The Morgan fingerprint density at radius 2 is 2.50 bits per heavy atom. The molecule has 4 nitrogen and oxygen atoms in total. The summed E-state index contributed by atoms with van der Waals surface area (Å²) in [6.45, 7) is 2.82. The Morgan fingerprint density at radius 1 is 1.65 bits per heavy atom. The zero-order valence-corrected chi connectivity index (χ0v) is 12.3. The molecule has 1 saturated heterocycles. The molecule has 2 heterocycles. The minimum absolute atomic E-state index is 0.0241. The van der Waals surface area contributed by atoms with Crippen molar-refractivity contribution in [3.8, 4) is 11.8 Å². The van der Waals surface area contributed by atoms with Crippen LogP contribution in [0.15, 0.2) is 12.1 Å². The highest BCUT2D eigenvalue weighted by molar-refractivity contribution is 7.14. The number of rotatable bonds is 4. The smallest absolute Gasteiger partial charge is 0.261 e. The first-order valence-electron chi connectivity index (χ1n) is 6.82. The van der Waals surface area contributed by atoms with Gasteiger partial charge >= 0.3 is 0 Å². The number of aliphatic hydroxyl groups is 1. The van der Waals surface area contributed by atoms with E-state index in [0.717, 1.165) is 24.3 Å². The summed E-state index contributed by atoms with van der Waals surface area (Å²) in [5, 5.41) is 11.6. The fraction of sp³-hybridized carbons (Fsp3) is 0.533. The van der Waals surface area contributed by atoms with Crippen LogP contribution in [0.4, 0.5) is 0 Å². The first kappa shape index (κ1) is 15.0. The summed E-state index contributed by atoms with van der Waals surface area (Å²) in [5.74, 6) is 5.71. The van der Waals surface area contributed by atoms with Gasteiger partial charge in [-0.05, 0) is 31.9 Å². The van der Waals surface area contributed by atoms with Crippen molar-refractivity contribution < 1.29 is 14.6 Å². The molecule has 1 amide bonds. The molecule has 1 fully saturated rings. The molecule has 1 aromatic heterocycles. The Labute approximate surface area is 123 Å². The first-order chi connectivity index (χ1) is 9.70. The van der Waals surface area contributed by atoms with Crippen LogP contribution in [0, 0.1) is 11.8 Å². The van der Waals surface area contributed by atoms with Crippen molar-refractivity contribution >= 4 is 17.2 Å². The van der Waals surface area contributed by atoms with Crippen molar-refractivity contribution in [2.75, 3.05) is 13.2 Å². The van der Waals surface area contributed by atoms with Gasteiger partial charge in [-0.1, -0.05) is 11.8 Å². The third-order valence-corrected chi connectivity index (χ3v) is 4.16. The zero-order chi connectivity index (χ0) is 14.4. The second-order valence-electron chi connectivity index (χ2n) is 4.75. The molecular weight excluding hydrogens is 274 g/mol. The molecule has 1 aliphatic heterocycles. The zero-order valence-electron chi connectivity index (χ0n) is 11.5. The number of nitrogens with one attached hydrogen (secondary N) is 1. The van der Waals surface area contributed by atoms with Crippen LogP contribution in [0.1, 0.15) is 40.7 Å². The molecule has 0 aromatic carbocycles. The molecule has 2 atom stereocenters. The van der Waals surface area contributed by atoms with Crippen LogP contribution in [0.25, 0.3) is 0 Å². The van der Waals surface area contributed by atoms with Crippen LogP contribution >= 0.6 is 11.3 Å². The quantitative estimate of drug-likeness (QED) is 0.832. The molecule has 108 valence electrons. The van der Waals surface area contributed by atoms with Crippen molar-refractivity contribution in [1.82, 2.24) is 5.32 Å². The van der Waals surface area contributed by atoms with E-state index in [2.05, 4.69) is 17.2 Å². The summed E-state index contributed by atoms with van der Waals surface area (Å²) >= 11 is 1.37. The molecule has 0 aliphatic carbocycles. The molecule has 2 unspecified atom stereocenters. The van der Waals surface area contributed by atoms with Gasteiger partial charge < -0.3 is 15.2 Å². The lowest BCUT2D eigenvalue weighted by Gasteiger charge is -2.19. The lowest BCUT2D eigenvalue weighted by molar-refractivity contribution is 0.0714. The maximum absolute atomic E-state index is 12.1. The van der Waals surface area contributed by atoms with Gasteiger partial charge in [-0.2, -0.15) is 0 Å². The minimum Gasteiger partial charge on any atom is -0.395 e. The van der Waals surface area contributed by atoms with E-state index in [1.165, 1.54) is 11.3 Å². The van der Waals surface area contributed by atoms with Gasteiger partial charge in [-0.3, -0.25) is 4.79 Å². The number of aliphatic hydroxyl groups excluding tert-OH is 1. The van der Waals surface area contributed by atoms with Crippen LogP contribution in [-0.4, -0.2) is 36.4 Å². The van der Waals surface area contributed by atoms with Gasteiger partial charge in [0.05, 0.1) is 28.5 Å².